The van der Waals surface area contributed by atoms with Crippen LogP contribution >= 0.6 is 0 Å². The molecule has 0 fully saturated rings. The van der Waals surface area contributed by atoms with Crippen molar-refractivity contribution in [1.29, 1.82) is 0 Å². The van der Waals surface area contributed by atoms with Gasteiger partial charge in [0.05, 0.1) is 30.2 Å². The third kappa shape index (κ3) is 1.64. The summed E-state index contributed by atoms with van der Waals surface area (Å²) in [5, 5.41) is 17.0. The van der Waals surface area contributed by atoms with Crippen molar-refractivity contribution in [3.05, 3.63) is 47.9 Å². The first-order valence-electron chi connectivity index (χ1n) is 5.32. The fourth-order valence-electron chi connectivity index (χ4n) is 1.84. The van der Waals surface area contributed by atoms with Crippen molar-refractivity contribution in [3.63, 3.8) is 0 Å². The van der Waals surface area contributed by atoms with E-state index in [4.69, 9.17) is 9.52 Å². The monoisotopic (exact) mass is 243 g/mol. The number of furan rings is 1. The molecule has 0 atom stereocenters. The Kier molecular flexibility index (Phi) is 2.33. The molecule has 0 unspecified atom stereocenters. The van der Waals surface area contributed by atoms with Gasteiger partial charge in [0, 0.05) is 5.56 Å². The van der Waals surface area contributed by atoms with E-state index in [1.54, 1.807) is 29.3 Å². The summed E-state index contributed by atoms with van der Waals surface area (Å²) in [6, 6.07) is 6.82. The van der Waals surface area contributed by atoms with Gasteiger partial charge in [-0.2, -0.15) is 0 Å². The molecule has 3 rings (SSSR count). The predicted molar refractivity (Wildman–Crippen MR) is 62.3 cm³/mol. The van der Waals surface area contributed by atoms with Gasteiger partial charge >= 0.3 is 5.97 Å². The van der Waals surface area contributed by atoms with Crippen molar-refractivity contribution in [2.75, 3.05) is 0 Å². The summed E-state index contributed by atoms with van der Waals surface area (Å²) in [6.07, 6.45) is 3.20. The highest BCUT2D eigenvalue weighted by Gasteiger charge is 2.13. The second-order valence-electron chi connectivity index (χ2n) is 3.86. The van der Waals surface area contributed by atoms with Crippen LogP contribution in [-0.2, 0) is 6.54 Å². The maximum absolute atomic E-state index is 11.0. The standard InChI is InChI=1S/C12H9N3O3/c16-12(17)9-2-1-3-10-11(9)13-14-15(10)6-8-4-5-18-7-8/h1-5,7H,6H2,(H,16,17). The molecule has 1 aromatic carbocycles. The molecule has 6 nitrogen and oxygen atoms in total. The van der Waals surface area contributed by atoms with Crippen molar-refractivity contribution >= 4 is 17.0 Å². The van der Waals surface area contributed by atoms with Gasteiger partial charge < -0.3 is 9.52 Å². The zero-order valence-electron chi connectivity index (χ0n) is 9.28. The van der Waals surface area contributed by atoms with Crippen molar-refractivity contribution in [2.24, 2.45) is 0 Å². The highest BCUT2D eigenvalue weighted by atomic mass is 16.4. The number of fused-ring (bicyclic) bond motifs is 1. The Morgan fingerprint density at radius 3 is 3.00 bits per heavy atom. The SMILES string of the molecule is O=C(O)c1cccc2c1nnn2Cc1ccoc1. The summed E-state index contributed by atoms with van der Waals surface area (Å²) >= 11 is 0. The Balaban J connectivity index is 2.09. The van der Waals surface area contributed by atoms with Crippen molar-refractivity contribution in [2.45, 2.75) is 6.54 Å². The highest BCUT2D eigenvalue weighted by molar-refractivity contribution is 6.00. The van der Waals surface area contributed by atoms with E-state index in [0.717, 1.165) is 5.56 Å². The Morgan fingerprint density at radius 2 is 2.28 bits per heavy atom. The van der Waals surface area contributed by atoms with Crippen LogP contribution in [0.15, 0.2) is 41.2 Å². The molecule has 18 heavy (non-hydrogen) atoms. The molecule has 3 aromatic rings. The van der Waals surface area contributed by atoms with Gasteiger partial charge in [0.15, 0.2) is 0 Å². The van der Waals surface area contributed by atoms with Gasteiger partial charge in [0.2, 0.25) is 0 Å². The largest absolute Gasteiger partial charge is 0.478 e. The van der Waals surface area contributed by atoms with Crippen molar-refractivity contribution in [3.8, 4) is 0 Å². The second kappa shape index (κ2) is 3.99. The maximum atomic E-state index is 11.0. The molecule has 0 aliphatic rings. The topological polar surface area (TPSA) is 81.1 Å². The Morgan fingerprint density at radius 1 is 1.39 bits per heavy atom. The van der Waals surface area contributed by atoms with E-state index in [1.807, 2.05) is 6.07 Å². The first-order chi connectivity index (χ1) is 8.75. The van der Waals surface area contributed by atoms with E-state index >= 15 is 0 Å². The lowest BCUT2D eigenvalue weighted by Crippen LogP contribution is -2.01. The zero-order valence-corrected chi connectivity index (χ0v) is 9.28. The third-order valence-electron chi connectivity index (χ3n) is 2.69. The average Bonchev–Trinajstić information content (AvgIpc) is 2.99. The van der Waals surface area contributed by atoms with Crippen LogP contribution < -0.4 is 0 Å². The summed E-state index contributed by atoms with van der Waals surface area (Å²) < 4.78 is 6.63. The number of carbonyl (C=O) groups is 1. The Bertz CT molecular complexity index is 701. The molecular weight excluding hydrogens is 234 g/mol. The minimum atomic E-state index is -1.00. The molecular formula is C12H9N3O3. The minimum Gasteiger partial charge on any atom is -0.478 e. The van der Waals surface area contributed by atoms with Gasteiger partial charge in [-0.15, -0.1) is 5.10 Å². The molecule has 0 aliphatic heterocycles. The summed E-state index contributed by atoms with van der Waals surface area (Å²) in [7, 11) is 0. The van der Waals surface area contributed by atoms with Crippen LogP contribution in [0.1, 0.15) is 15.9 Å². The molecule has 0 bridgehead atoms. The molecule has 0 spiro atoms. The van der Waals surface area contributed by atoms with Crippen LogP contribution in [0.4, 0.5) is 0 Å². The average molecular weight is 243 g/mol. The van der Waals surface area contributed by atoms with E-state index in [2.05, 4.69) is 10.3 Å². The summed E-state index contributed by atoms with van der Waals surface area (Å²) in [5.74, 6) is -1.00. The molecule has 0 aliphatic carbocycles. The second-order valence-corrected chi connectivity index (χ2v) is 3.86. The number of carboxylic acid groups (broad SMARTS) is 1. The van der Waals surface area contributed by atoms with Crippen molar-refractivity contribution in [1.82, 2.24) is 15.0 Å². The van der Waals surface area contributed by atoms with E-state index in [9.17, 15) is 4.79 Å². The maximum Gasteiger partial charge on any atom is 0.338 e. The van der Waals surface area contributed by atoms with Crippen LogP contribution in [0.25, 0.3) is 11.0 Å². The molecule has 2 heterocycles. The molecule has 0 saturated carbocycles. The van der Waals surface area contributed by atoms with Gasteiger partial charge in [-0.1, -0.05) is 11.3 Å². The molecule has 6 heteroatoms. The zero-order chi connectivity index (χ0) is 12.5. The smallest absolute Gasteiger partial charge is 0.338 e. The summed E-state index contributed by atoms with van der Waals surface area (Å²) in [4.78, 5) is 11.0. The molecule has 0 saturated heterocycles. The number of rotatable bonds is 3. The quantitative estimate of drug-likeness (QED) is 0.758. The minimum absolute atomic E-state index is 0.158. The van der Waals surface area contributed by atoms with E-state index in [-0.39, 0.29) is 5.56 Å². The number of nitrogens with zero attached hydrogens (tertiary/aromatic N) is 3. The lowest BCUT2D eigenvalue weighted by atomic mass is 10.2. The van der Waals surface area contributed by atoms with E-state index in [0.29, 0.717) is 17.6 Å². The normalized spacial score (nSPS) is 10.9. The van der Waals surface area contributed by atoms with Crippen molar-refractivity contribution < 1.29 is 14.3 Å². The van der Waals surface area contributed by atoms with Crippen LogP contribution in [0.2, 0.25) is 0 Å². The van der Waals surface area contributed by atoms with Gasteiger partial charge in [-0.25, -0.2) is 9.48 Å². The summed E-state index contributed by atoms with van der Waals surface area (Å²) in [5.41, 5.74) is 2.19. The molecule has 0 amide bonds. The van der Waals surface area contributed by atoms with Crippen LogP contribution in [0.3, 0.4) is 0 Å². The van der Waals surface area contributed by atoms with Gasteiger partial charge in [0.1, 0.15) is 5.52 Å². The van der Waals surface area contributed by atoms with E-state index < -0.39 is 5.97 Å². The van der Waals surface area contributed by atoms with Gasteiger partial charge in [0.25, 0.3) is 0 Å². The van der Waals surface area contributed by atoms with Crippen LogP contribution in [0, 0.1) is 0 Å². The number of aromatic carboxylic acids is 1. The highest BCUT2D eigenvalue weighted by Crippen LogP contribution is 2.17. The lowest BCUT2D eigenvalue weighted by molar-refractivity contribution is 0.0699. The first kappa shape index (κ1) is 10.5. The fraction of sp³-hybridized carbons (Fsp3) is 0.0833. The molecule has 0 radical (unpaired) electrons. The van der Waals surface area contributed by atoms with Gasteiger partial charge in [-0.3, -0.25) is 0 Å². The molecule has 2 aromatic heterocycles. The number of carboxylic acids is 1. The number of benzene rings is 1. The van der Waals surface area contributed by atoms with E-state index in [1.165, 1.54) is 6.07 Å². The first-order valence-corrected chi connectivity index (χ1v) is 5.32. The lowest BCUT2D eigenvalue weighted by Gasteiger charge is -2.00. The Hall–Kier alpha value is -2.63. The van der Waals surface area contributed by atoms with Crippen LogP contribution in [0.5, 0.6) is 0 Å². The van der Waals surface area contributed by atoms with Gasteiger partial charge in [-0.05, 0) is 18.2 Å². The fourth-order valence-corrected chi connectivity index (χ4v) is 1.84. The Labute approximate surface area is 101 Å². The summed E-state index contributed by atoms with van der Waals surface area (Å²) in [6.45, 7) is 0.496. The number of hydrogen-bond donors (Lipinski definition) is 1. The molecule has 90 valence electrons. The molecule has 1 N–H and O–H groups in total. The van der Waals surface area contributed by atoms with Crippen LogP contribution in [-0.4, -0.2) is 26.1 Å². The number of hydrogen-bond acceptors (Lipinski definition) is 4. The third-order valence-corrected chi connectivity index (χ3v) is 2.69. The number of aromatic nitrogens is 3. The predicted octanol–water partition coefficient (Wildman–Crippen LogP) is 1.77.